The molecule has 0 atom stereocenters. The Morgan fingerprint density at radius 1 is 1.12 bits per heavy atom. The number of amides is 1. The molecule has 0 saturated heterocycles. The van der Waals surface area contributed by atoms with E-state index in [1.807, 2.05) is 18.2 Å². The zero-order valence-corrected chi connectivity index (χ0v) is 14.5. The second-order valence-electron chi connectivity index (χ2n) is 6.39. The van der Waals surface area contributed by atoms with E-state index >= 15 is 0 Å². The van der Waals surface area contributed by atoms with Gasteiger partial charge in [-0.1, -0.05) is 31.4 Å². The topological polar surface area (TPSA) is 64.1 Å². The summed E-state index contributed by atoms with van der Waals surface area (Å²) in [5.41, 5.74) is 1.46. The van der Waals surface area contributed by atoms with Crippen molar-refractivity contribution in [1.82, 2.24) is 15.3 Å². The third-order valence-corrected chi connectivity index (χ3v) is 4.46. The van der Waals surface area contributed by atoms with Gasteiger partial charge in [0.25, 0.3) is 5.91 Å². The Labute approximate surface area is 148 Å². The van der Waals surface area contributed by atoms with Crippen LogP contribution in [-0.4, -0.2) is 35.1 Å². The van der Waals surface area contributed by atoms with E-state index in [2.05, 4.69) is 15.3 Å². The predicted molar refractivity (Wildman–Crippen MR) is 97.2 cm³/mol. The van der Waals surface area contributed by atoms with Crippen molar-refractivity contribution < 1.29 is 9.53 Å². The Morgan fingerprint density at radius 3 is 2.72 bits per heavy atom. The number of carbonyl (C=O) groups excluding carboxylic acids is 1. The lowest BCUT2D eigenvalue weighted by atomic mass is 9.98. The first-order valence-corrected chi connectivity index (χ1v) is 9.10. The van der Waals surface area contributed by atoms with Crippen LogP contribution in [0.1, 0.15) is 48.9 Å². The van der Waals surface area contributed by atoms with E-state index in [0.717, 1.165) is 12.0 Å². The lowest BCUT2D eigenvalue weighted by Crippen LogP contribution is -2.26. The highest BCUT2D eigenvalue weighted by molar-refractivity contribution is 5.95. The standard InChI is InChI=1S/C20H25N3O2/c24-20(23-13-6-14-25-18-9-2-1-3-10-18)17-8-4-7-16(15-17)19-21-11-5-12-22-19/h4-5,7-8,11-12,15,18H,1-3,6,9-10,13-14H2,(H,23,24). The number of nitrogens with one attached hydrogen (secondary N) is 1. The Bertz CT molecular complexity index is 670. The molecule has 1 aromatic heterocycles. The molecule has 0 spiro atoms. The van der Waals surface area contributed by atoms with Gasteiger partial charge < -0.3 is 10.1 Å². The van der Waals surface area contributed by atoms with Gasteiger partial charge in [-0.2, -0.15) is 0 Å². The normalized spacial score (nSPS) is 15.0. The van der Waals surface area contributed by atoms with Crippen LogP contribution >= 0.6 is 0 Å². The molecule has 5 nitrogen and oxygen atoms in total. The summed E-state index contributed by atoms with van der Waals surface area (Å²) in [5.74, 6) is 0.550. The molecule has 1 N–H and O–H groups in total. The third kappa shape index (κ3) is 5.36. The van der Waals surface area contributed by atoms with Crippen LogP contribution in [0, 0.1) is 0 Å². The fourth-order valence-electron chi connectivity index (χ4n) is 3.11. The van der Waals surface area contributed by atoms with Crippen molar-refractivity contribution in [2.24, 2.45) is 0 Å². The molecule has 0 radical (unpaired) electrons. The number of ether oxygens (including phenoxy) is 1. The van der Waals surface area contributed by atoms with Gasteiger partial charge in [-0.3, -0.25) is 4.79 Å². The van der Waals surface area contributed by atoms with Crippen molar-refractivity contribution in [3.8, 4) is 11.4 Å². The van der Waals surface area contributed by atoms with E-state index in [9.17, 15) is 4.79 Å². The van der Waals surface area contributed by atoms with Crippen molar-refractivity contribution in [2.75, 3.05) is 13.2 Å². The molecule has 1 heterocycles. The quantitative estimate of drug-likeness (QED) is 0.783. The maximum atomic E-state index is 12.3. The molecule has 1 amide bonds. The lowest BCUT2D eigenvalue weighted by Gasteiger charge is -2.21. The second-order valence-corrected chi connectivity index (χ2v) is 6.39. The average molecular weight is 339 g/mol. The number of hydrogen-bond donors (Lipinski definition) is 1. The molecular weight excluding hydrogens is 314 g/mol. The van der Waals surface area contributed by atoms with E-state index in [0.29, 0.717) is 30.6 Å². The molecule has 3 rings (SSSR count). The van der Waals surface area contributed by atoms with Gasteiger partial charge in [0.05, 0.1) is 6.10 Å². The van der Waals surface area contributed by atoms with Crippen molar-refractivity contribution in [3.05, 3.63) is 48.3 Å². The Kier molecular flexibility index (Phi) is 6.51. The molecule has 25 heavy (non-hydrogen) atoms. The summed E-state index contributed by atoms with van der Waals surface area (Å²) in [7, 11) is 0. The van der Waals surface area contributed by atoms with Gasteiger partial charge in [0.1, 0.15) is 0 Å². The summed E-state index contributed by atoms with van der Waals surface area (Å²) in [6, 6.07) is 9.16. The van der Waals surface area contributed by atoms with Gasteiger partial charge in [0, 0.05) is 36.7 Å². The van der Waals surface area contributed by atoms with Gasteiger partial charge in [-0.25, -0.2) is 9.97 Å². The molecule has 1 aromatic carbocycles. The SMILES string of the molecule is O=C(NCCCOC1CCCCC1)c1cccc(-c2ncccn2)c1. The molecule has 0 aliphatic heterocycles. The van der Waals surface area contributed by atoms with E-state index in [4.69, 9.17) is 4.74 Å². The summed E-state index contributed by atoms with van der Waals surface area (Å²) in [6.45, 7) is 1.33. The molecule has 132 valence electrons. The van der Waals surface area contributed by atoms with Gasteiger partial charge >= 0.3 is 0 Å². The number of aromatic nitrogens is 2. The summed E-state index contributed by atoms with van der Waals surface area (Å²) >= 11 is 0. The zero-order chi connectivity index (χ0) is 17.3. The van der Waals surface area contributed by atoms with Crippen molar-refractivity contribution in [3.63, 3.8) is 0 Å². The first-order valence-electron chi connectivity index (χ1n) is 9.10. The van der Waals surface area contributed by atoms with E-state index in [1.165, 1.54) is 32.1 Å². The highest BCUT2D eigenvalue weighted by Crippen LogP contribution is 2.20. The van der Waals surface area contributed by atoms with Gasteiger partial charge in [0.15, 0.2) is 5.82 Å². The van der Waals surface area contributed by atoms with Crippen molar-refractivity contribution in [2.45, 2.75) is 44.6 Å². The van der Waals surface area contributed by atoms with Crippen molar-refractivity contribution >= 4 is 5.91 Å². The predicted octanol–water partition coefficient (Wildman–Crippen LogP) is 3.61. The van der Waals surface area contributed by atoms with Crippen LogP contribution in [0.2, 0.25) is 0 Å². The van der Waals surface area contributed by atoms with E-state index in [1.54, 1.807) is 24.5 Å². The van der Waals surface area contributed by atoms with Crippen LogP contribution in [0.15, 0.2) is 42.7 Å². The minimum Gasteiger partial charge on any atom is -0.378 e. The number of nitrogens with zero attached hydrogens (tertiary/aromatic N) is 2. The summed E-state index contributed by atoms with van der Waals surface area (Å²) in [5, 5.41) is 2.96. The number of carbonyl (C=O) groups is 1. The van der Waals surface area contributed by atoms with Gasteiger partial charge in [-0.15, -0.1) is 0 Å². The molecule has 0 bridgehead atoms. The maximum Gasteiger partial charge on any atom is 0.251 e. The Balaban J connectivity index is 1.43. The highest BCUT2D eigenvalue weighted by Gasteiger charge is 2.13. The minimum absolute atomic E-state index is 0.0737. The second kappa shape index (κ2) is 9.28. The summed E-state index contributed by atoms with van der Waals surface area (Å²) < 4.78 is 5.88. The lowest BCUT2D eigenvalue weighted by molar-refractivity contribution is 0.0273. The highest BCUT2D eigenvalue weighted by atomic mass is 16.5. The average Bonchev–Trinajstić information content (AvgIpc) is 2.69. The van der Waals surface area contributed by atoms with Crippen LogP contribution in [0.3, 0.4) is 0 Å². The Hall–Kier alpha value is -2.27. The van der Waals surface area contributed by atoms with E-state index in [-0.39, 0.29) is 5.91 Å². The molecule has 1 fully saturated rings. The molecule has 5 heteroatoms. The van der Waals surface area contributed by atoms with Crippen LogP contribution in [-0.2, 0) is 4.74 Å². The first-order chi connectivity index (χ1) is 12.3. The fourth-order valence-corrected chi connectivity index (χ4v) is 3.11. The number of benzene rings is 1. The van der Waals surface area contributed by atoms with E-state index < -0.39 is 0 Å². The molecule has 1 aliphatic rings. The van der Waals surface area contributed by atoms with Crippen LogP contribution in [0.4, 0.5) is 0 Å². The van der Waals surface area contributed by atoms with Crippen LogP contribution < -0.4 is 5.32 Å². The van der Waals surface area contributed by atoms with Gasteiger partial charge in [0.2, 0.25) is 0 Å². The largest absolute Gasteiger partial charge is 0.378 e. The first kappa shape index (κ1) is 17.5. The summed E-state index contributed by atoms with van der Waals surface area (Å²) in [6.07, 6.45) is 10.9. The third-order valence-electron chi connectivity index (χ3n) is 4.46. The van der Waals surface area contributed by atoms with Crippen LogP contribution in [0.5, 0.6) is 0 Å². The molecular formula is C20H25N3O2. The Morgan fingerprint density at radius 2 is 1.92 bits per heavy atom. The fraction of sp³-hybridized carbons (Fsp3) is 0.450. The number of rotatable bonds is 7. The number of hydrogen-bond acceptors (Lipinski definition) is 4. The van der Waals surface area contributed by atoms with Gasteiger partial charge in [-0.05, 0) is 37.5 Å². The molecule has 2 aromatic rings. The zero-order valence-electron chi connectivity index (χ0n) is 14.5. The molecule has 1 aliphatic carbocycles. The molecule has 1 saturated carbocycles. The minimum atomic E-state index is -0.0737. The summed E-state index contributed by atoms with van der Waals surface area (Å²) in [4.78, 5) is 20.7. The molecule has 0 unspecified atom stereocenters. The van der Waals surface area contributed by atoms with Crippen LogP contribution in [0.25, 0.3) is 11.4 Å². The van der Waals surface area contributed by atoms with Crippen molar-refractivity contribution in [1.29, 1.82) is 0 Å². The monoisotopic (exact) mass is 339 g/mol. The maximum absolute atomic E-state index is 12.3. The smallest absolute Gasteiger partial charge is 0.251 e.